The highest BCUT2D eigenvalue weighted by molar-refractivity contribution is 6.01. The van der Waals surface area contributed by atoms with Gasteiger partial charge >= 0.3 is 11.9 Å². The molecule has 36 heavy (non-hydrogen) atoms. The minimum atomic E-state index is -0.375. The lowest BCUT2D eigenvalue weighted by Crippen LogP contribution is -2.46. The normalized spacial score (nSPS) is 14.9. The van der Waals surface area contributed by atoms with Crippen LogP contribution in [0.4, 0.5) is 14.5 Å². The highest BCUT2D eigenvalue weighted by Gasteiger charge is 2.38. The zero-order chi connectivity index (χ0) is 26.5. The summed E-state index contributed by atoms with van der Waals surface area (Å²) in [4.78, 5) is 34.8. The van der Waals surface area contributed by atoms with Gasteiger partial charge < -0.3 is 19.1 Å². The summed E-state index contributed by atoms with van der Waals surface area (Å²) in [5, 5.41) is 0. The number of hydrogen-bond acceptors (Lipinski definition) is 6. The van der Waals surface area contributed by atoms with Gasteiger partial charge in [0, 0.05) is 25.6 Å². The van der Waals surface area contributed by atoms with Crippen molar-refractivity contribution in [2.75, 3.05) is 18.1 Å². The molecule has 1 aliphatic heterocycles. The Labute approximate surface area is 208 Å². The summed E-state index contributed by atoms with van der Waals surface area (Å²) < 4.78 is 39.4. The number of β-lactam (4-membered cyclic amide) rings is 1. The number of carbonyl (C=O) groups excluding carboxylic acids is 3. The first kappa shape index (κ1) is 28.0. The highest BCUT2D eigenvalue weighted by Crippen LogP contribution is 2.39. The van der Waals surface area contributed by atoms with E-state index in [1.807, 2.05) is 12.1 Å². The van der Waals surface area contributed by atoms with Crippen LogP contribution in [0.3, 0.4) is 0 Å². The van der Waals surface area contributed by atoms with E-state index in [1.54, 1.807) is 29.2 Å². The van der Waals surface area contributed by atoms with Crippen molar-refractivity contribution in [2.45, 2.75) is 26.3 Å². The molecule has 1 amide bonds. The van der Waals surface area contributed by atoms with Crippen molar-refractivity contribution < 1.29 is 37.4 Å². The predicted molar refractivity (Wildman–Crippen MR) is 130 cm³/mol. The molecule has 2 aromatic carbocycles. The minimum absolute atomic E-state index is 0.000621. The third kappa shape index (κ3) is 8.83. The van der Waals surface area contributed by atoms with Crippen LogP contribution < -0.4 is 9.64 Å². The van der Waals surface area contributed by atoms with Crippen molar-refractivity contribution in [1.29, 1.82) is 0 Å². The monoisotopic (exact) mass is 499 g/mol. The number of ether oxygens (including phenoxy) is 3. The number of rotatable bonds is 9. The fourth-order valence-electron chi connectivity index (χ4n) is 3.21. The van der Waals surface area contributed by atoms with Gasteiger partial charge in [-0.2, -0.15) is 0 Å². The first-order valence-electron chi connectivity index (χ1n) is 11.0. The number of amides is 1. The van der Waals surface area contributed by atoms with Crippen LogP contribution in [0.2, 0.25) is 0 Å². The Morgan fingerprint density at radius 1 is 1.03 bits per heavy atom. The summed E-state index contributed by atoms with van der Waals surface area (Å²) in [7, 11) is 0. The number of anilines is 1. The number of hydrogen-bond donors (Lipinski definition) is 0. The van der Waals surface area contributed by atoms with Crippen molar-refractivity contribution in [3.8, 4) is 5.75 Å². The van der Waals surface area contributed by atoms with E-state index >= 15 is 0 Å². The van der Waals surface area contributed by atoms with Crippen LogP contribution in [0.1, 0.15) is 31.9 Å². The number of esters is 2. The van der Waals surface area contributed by atoms with Crippen molar-refractivity contribution in [1.82, 2.24) is 0 Å². The second-order valence-electron chi connectivity index (χ2n) is 7.41. The number of benzene rings is 2. The lowest BCUT2D eigenvalue weighted by Gasteiger charge is -2.40. The number of halogens is 2. The summed E-state index contributed by atoms with van der Waals surface area (Å²) >= 11 is 0. The highest BCUT2D eigenvalue weighted by atomic mass is 19.1. The first-order chi connectivity index (χ1) is 17.2. The van der Waals surface area contributed by atoms with Gasteiger partial charge in [0.2, 0.25) is 5.91 Å². The molecule has 1 saturated heterocycles. The van der Waals surface area contributed by atoms with Crippen molar-refractivity contribution in [2.24, 2.45) is 0 Å². The van der Waals surface area contributed by atoms with E-state index in [-0.39, 0.29) is 42.9 Å². The van der Waals surface area contributed by atoms with E-state index < -0.39 is 0 Å². The van der Waals surface area contributed by atoms with E-state index in [0.717, 1.165) is 11.6 Å². The van der Waals surface area contributed by atoms with Gasteiger partial charge in [0.25, 0.3) is 0 Å². The smallest absolute Gasteiger partial charge is 0.308 e. The molecular weight excluding hydrogens is 472 g/mol. The fraction of sp³-hybridized carbons (Fsp3) is 0.222. The summed E-state index contributed by atoms with van der Waals surface area (Å²) in [6, 6.07) is 12.8. The van der Waals surface area contributed by atoms with Gasteiger partial charge in [-0.05, 0) is 48.0 Å². The molecule has 0 spiro atoms. The average molecular weight is 500 g/mol. The van der Waals surface area contributed by atoms with Crippen LogP contribution in [0.5, 0.6) is 5.75 Å². The molecule has 1 atom stereocenters. The second-order valence-corrected chi connectivity index (χ2v) is 7.41. The average Bonchev–Trinajstić information content (AvgIpc) is 2.82. The molecule has 0 radical (unpaired) electrons. The Balaban J connectivity index is 0.000000284. The molecule has 1 heterocycles. The Morgan fingerprint density at radius 2 is 1.67 bits per heavy atom. The minimum Gasteiger partial charge on any atom is -0.490 e. The van der Waals surface area contributed by atoms with Gasteiger partial charge in [0.05, 0.1) is 18.8 Å². The Bertz CT molecular complexity index is 1110. The molecule has 9 heteroatoms. The maximum Gasteiger partial charge on any atom is 0.308 e. The summed E-state index contributed by atoms with van der Waals surface area (Å²) in [6.45, 7) is 6.42. The van der Waals surface area contributed by atoms with Gasteiger partial charge in [0.1, 0.15) is 30.5 Å². The molecule has 7 nitrogen and oxygen atoms in total. The van der Waals surface area contributed by atoms with Crippen LogP contribution in [-0.4, -0.2) is 31.1 Å². The number of nitrogens with zero attached hydrogens (tertiary/aromatic N) is 1. The molecule has 3 rings (SSSR count). The molecule has 0 bridgehead atoms. The van der Waals surface area contributed by atoms with E-state index in [9.17, 15) is 23.2 Å². The van der Waals surface area contributed by atoms with Gasteiger partial charge in [-0.3, -0.25) is 14.4 Å². The Hall–Kier alpha value is -4.27. The molecule has 1 fully saturated rings. The van der Waals surface area contributed by atoms with Crippen molar-refractivity contribution in [3.63, 3.8) is 0 Å². The standard InChI is InChI=1S/C17H14FNO3.C10H13FO3/c1-11(20)22-15-8-2-12(3-9-15)16-10-17(21)19(16)14-6-4-13(18)5-7-14;1-3-4-10(5-6-11)14-8-7-13-9(2)12/h2-9,16H,10H2,1H3;3-6H,1,7-8H2,2H3/b;6-5-,10-4+. The van der Waals surface area contributed by atoms with Crippen molar-refractivity contribution >= 4 is 23.5 Å². The topological polar surface area (TPSA) is 82.1 Å². The molecule has 0 saturated carbocycles. The van der Waals surface area contributed by atoms with E-state index in [2.05, 4.69) is 11.3 Å². The largest absolute Gasteiger partial charge is 0.490 e. The van der Waals surface area contributed by atoms with Gasteiger partial charge in [0.15, 0.2) is 0 Å². The number of allylic oxidation sites excluding steroid dienone is 3. The fourth-order valence-corrected chi connectivity index (χ4v) is 3.21. The molecule has 0 aromatic heterocycles. The molecule has 0 N–H and O–H groups in total. The predicted octanol–water partition coefficient (Wildman–Crippen LogP) is 5.35. The lowest BCUT2D eigenvalue weighted by atomic mass is 9.93. The maximum atomic E-state index is 13.0. The summed E-state index contributed by atoms with van der Waals surface area (Å²) in [5.74, 6) is -0.284. The van der Waals surface area contributed by atoms with E-state index in [4.69, 9.17) is 9.47 Å². The van der Waals surface area contributed by atoms with E-state index in [0.29, 0.717) is 29.9 Å². The SMILES string of the molecule is C=C/C=C(\C=C/F)OCCOC(C)=O.CC(=O)Oc1ccc(C2CC(=O)N2c2ccc(F)cc2)cc1. The molecule has 1 aliphatic rings. The zero-order valence-electron chi connectivity index (χ0n) is 20.0. The molecule has 2 aromatic rings. The van der Waals surface area contributed by atoms with Crippen LogP contribution in [0.15, 0.2) is 85.4 Å². The van der Waals surface area contributed by atoms with Crippen LogP contribution in [0.25, 0.3) is 0 Å². The Kier molecular flexibility index (Phi) is 11.0. The third-order valence-corrected chi connectivity index (χ3v) is 4.75. The summed E-state index contributed by atoms with van der Waals surface area (Å²) in [5.41, 5.74) is 1.62. The Morgan fingerprint density at radius 3 is 2.19 bits per heavy atom. The van der Waals surface area contributed by atoms with Gasteiger partial charge in [-0.25, -0.2) is 8.78 Å². The molecular formula is C27H27F2NO6. The molecule has 1 unspecified atom stereocenters. The van der Waals surface area contributed by atoms with Crippen LogP contribution in [0, 0.1) is 5.82 Å². The maximum absolute atomic E-state index is 13.0. The zero-order valence-corrected chi connectivity index (χ0v) is 20.0. The third-order valence-electron chi connectivity index (χ3n) is 4.75. The van der Waals surface area contributed by atoms with Crippen LogP contribution >= 0.6 is 0 Å². The molecule has 0 aliphatic carbocycles. The van der Waals surface area contributed by atoms with E-state index in [1.165, 1.54) is 38.1 Å². The second kappa shape index (κ2) is 14.2. The van der Waals surface area contributed by atoms with Crippen LogP contribution in [-0.2, 0) is 23.9 Å². The van der Waals surface area contributed by atoms with Gasteiger partial charge in [-0.1, -0.05) is 24.8 Å². The first-order valence-corrected chi connectivity index (χ1v) is 11.0. The summed E-state index contributed by atoms with van der Waals surface area (Å²) in [6.07, 6.45) is 4.89. The van der Waals surface area contributed by atoms with Gasteiger partial charge in [-0.15, -0.1) is 0 Å². The quantitative estimate of drug-likeness (QED) is 0.116. The van der Waals surface area contributed by atoms with Crippen molar-refractivity contribution in [3.05, 3.63) is 96.8 Å². The lowest BCUT2D eigenvalue weighted by molar-refractivity contribution is -0.142. The molecule has 190 valence electrons. The number of carbonyl (C=O) groups is 3.